The lowest BCUT2D eigenvalue weighted by atomic mass is 10.0. The van der Waals surface area contributed by atoms with E-state index in [2.05, 4.69) is 26.6 Å². The molecule has 1 heterocycles. The van der Waals surface area contributed by atoms with Crippen LogP contribution < -0.4 is 10.6 Å². The number of benzene rings is 1. The molecule has 0 radical (unpaired) electrons. The van der Waals surface area contributed by atoms with E-state index in [0.29, 0.717) is 5.02 Å². The molecular weight excluding hydrogens is 304 g/mol. The molecular formula is C12H12BrClN2O. The van der Waals surface area contributed by atoms with Crippen molar-refractivity contribution in [2.75, 3.05) is 18.4 Å². The van der Waals surface area contributed by atoms with Gasteiger partial charge >= 0.3 is 0 Å². The molecule has 0 saturated carbocycles. The Labute approximate surface area is 113 Å². The molecule has 2 N–H and O–H groups in total. The summed E-state index contributed by atoms with van der Waals surface area (Å²) in [4.78, 5) is 11.9. The van der Waals surface area contributed by atoms with E-state index < -0.39 is 0 Å². The third kappa shape index (κ3) is 2.89. The molecule has 1 aliphatic rings. The third-order valence-electron chi connectivity index (χ3n) is 2.73. The fourth-order valence-electron chi connectivity index (χ4n) is 1.47. The largest absolute Gasteiger partial charge is 0.322 e. The molecule has 0 atom stereocenters. The molecule has 1 amide bonds. The predicted octanol–water partition coefficient (Wildman–Crippen LogP) is 2.96. The van der Waals surface area contributed by atoms with Gasteiger partial charge < -0.3 is 10.6 Å². The Morgan fingerprint density at radius 2 is 2.18 bits per heavy atom. The number of carbonyl (C=O) groups excluding carboxylic acids is 1. The van der Waals surface area contributed by atoms with Gasteiger partial charge in [0.15, 0.2) is 0 Å². The molecule has 1 aromatic carbocycles. The minimum Gasteiger partial charge on any atom is -0.322 e. The van der Waals surface area contributed by atoms with Gasteiger partial charge in [-0.05, 0) is 46.6 Å². The number of hydrogen-bond acceptors (Lipinski definition) is 2. The van der Waals surface area contributed by atoms with Crippen LogP contribution in [0.1, 0.15) is 6.92 Å². The molecule has 17 heavy (non-hydrogen) atoms. The second kappa shape index (κ2) is 5.21. The van der Waals surface area contributed by atoms with Crippen molar-refractivity contribution in [3.05, 3.63) is 38.8 Å². The molecule has 0 aromatic heterocycles. The molecule has 1 saturated heterocycles. The summed E-state index contributed by atoms with van der Waals surface area (Å²) in [5, 5.41) is 6.59. The summed E-state index contributed by atoms with van der Waals surface area (Å²) in [5.41, 5.74) is 2.68. The molecule has 3 nitrogen and oxygen atoms in total. The number of rotatable bonds is 2. The fourth-order valence-corrected chi connectivity index (χ4v) is 1.97. The fraction of sp³-hybridized carbons (Fsp3) is 0.250. The first-order chi connectivity index (χ1) is 8.08. The lowest BCUT2D eigenvalue weighted by molar-refractivity contribution is -0.112. The van der Waals surface area contributed by atoms with Crippen LogP contribution in [0.15, 0.2) is 33.8 Å². The summed E-state index contributed by atoms with van der Waals surface area (Å²) >= 11 is 9.21. The molecule has 0 bridgehead atoms. The number of amides is 1. The van der Waals surface area contributed by atoms with Crippen molar-refractivity contribution in [1.29, 1.82) is 0 Å². The monoisotopic (exact) mass is 314 g/mol. The maximum absolute atomic E-state index is 11.9. The van der Waals surface area contributed by atoms with Crippen molar-refractivity contribution in [3.8, 4) is 0 Å². The van der Waals surface area contributed by atoms with Gasteiger partial charge in [-0.3, -0.25) is 4.79 Å². The van der Waals surface area contributed by atoms with Gasteiger partial charge in [-0.15, -0.1) is 0 Å². The molecule has 0 unspecified atom stereocenters. The maximum Gasteiger partial charge on any atom is 0.251 e. The van der Waals surface area contributed by atoms with E-state index in [1.54, 1.807) is 18.2 Å². The zero-order valence-electron chi connectivity index (χ0n) is 9.31. The highest BCUT2D eigenvalue weighted by molar-refractivity contribution is 9.10. The summed E-state index contributed by atoms with van der Waals surface area (Å²) in [6.45, 7) is 3.46. The molecule has 0 aliphatic carbocycles. The zero-order valence-corrected chi connectivity index (χ0v) is 11.7. The molecule has 5 heteroatoms. The quantitative estimate of drug-likeness (QED) is 0.824. The molecule has 1 aliphatic heterocycles. The van der Waals surface area contributed by atoms with Gasteiger partial charge in [-0.1, -0.05) is 11.6 Å². The third-order valence-corrected chi connectivity index (χ3v) is 3.94. The van der Waals surface area contributed by atoms with Crippen LogP contribution in [0.5, 0.6) is 0 Å². The highest BCUT2D eigenvalue weighted by Gasteiger charge is 2.16. The standard InChI is InChI=1S/C12H12BrClN2O/c1-7(8-5-15-6-8)12(17)16-9-2-3-11(14)10(13)4-9/h2-4,15H,5-6H2,1H3,(H,16,17). The highest BCUT2D eigenvalue weighted by Crippen LogP contribution is 2.25. The zero-order chi connectivity index (χ0) is 12.4. The first-order valence-corrected chi connectivity index (χ1v) is 6.41. The average Bonchev–Trinajstić information content (AvgIpc) is 2.21. The number of halogens is 2. The maximum atomic E-state index is 11.9. The van der Waals surface area contributed by atoms with Crippen LogP contribution in [0.4, 0.5) is 5.69 Å². The average molecular weight is 316 g/mol. The first kappa shape index (κ1) is 12.6. The van der Waals surface area contributed by atoms with Crippen molar-refractivity contribution < 1.29 is 4.79 Å². The highest BCUT2D eigenvalue weighted by atomic mass is 79.9. The van der Waals surface area contributed by atoms with E-state index in [1.807, 2.05) is 6.92 Å². The van der Waals surface area contributed by atoms with Crippen molar-refractivity contribution in [2.24, 2.45) is 0 Å². The second-order valence-corrected chi connectivity index (χ2v) is 5.18. The molecule has 0 spiro atoms. The van der Waals surface area contributed by atoms with E-state index in [4.69, 9.17) is 11.6 Å². The van der Waals surface area contributed by atoms with Gasteiger partial charge in [-0.2, -0.15) is 0 Å². The summed E-state index contributed by atoms with van der Waals surface area (Å²) in [7, 11) is 0. The van der Waals surface area contributed by atoms with E-state index >= 15 is 0 Å². The van der Waals surface area contributed by atoms with Gasteiger partial charge in [0.1, 0.15) is 0 Å². The van der Waals surface area contributed by atoms with Crippen molar-refractivity contribution >= 4 is 39.1 Å². The van der Waals surface area contributed by atoms with Crippen LogP contribution in [-0.2, 0) is 4.79 Å². The van der Waals surface area contributed by atoms with Gasteiger partial charge in [0, 0.05) is 28.8 Å². The minimum absolute atomic E-state index is 0.0595. The SMILES string of the molecule is CC(C(=O)Nc1ccc(Cl)c(Br)c1)=C1CNC1. The molecule has 90 valence electrons. The van der Waals surface area contributed by atoms with Crippen molar-refractivity contribution in [3.63, 3.8) is 0 Å². The number of hydrogen-bond donors (Lipinski definition) is 2. The van der Waals surface area contributed by atoms with Crippen molar-refractivity contribution in [2.45, 2.75) is 6.92 Å². The normalized spacial score (nSPS) is 14.2. The summed E-state index contributed by atoms with van der Waals surface area (Å²) in [5.74, 6) is -0.0595. The number of nitrogens with one attached hydrogen (secondary N) is 2. The molecule has 1 fully saturated rings. The van der Waals surface area contributed by atoms with Crippen LogP contribution >= 0.6 is 27.5 Å². The van der Waals surface area contributed by atoms with Gasteiger partial charge in [-0.25, -0.2) is 0 Å². The Kier molecular flexibility index (Phi) is 3.86. The van der Waals surface area contributed by atoms with Crippen LogP contribution in [0.3, 0.4) is 0 Å². The topological polar surface area (TPSA) is 41.1 Å². The lowest BCUT2D eigenvalue weighted by Gasteiger charge is -2.21. The smallest absolute Gasteiger partial charge is 0.251 e. The van der Waals surface area contributed by atoms with Crippen LogP contribution in [0.25, 0.3) is 0 Å². The Morgan fingerprint density at radius 3 is 2.71 bits per heavy atom. The molecule has 1 aromatic rings. The van der Waals surface area contributed by atoms with E-state index in [-0.39, 0.29) is 5.91 Å². The summed E-state index contributed by atoms with van der Waals surface area (Å²) in [6.07, 6.45) is 0. The van der Waals surface area contributed by atoms with Crippen molar-refractivity contribution in [1.82, 2.24) is 5.32 Å². The summed E-state index contributed by atoms with van der Waals surface area (Å²) < 4.78 is 0.771. The number of carbonyl (C=O) groups is 1. The Bertz CT molecular complexity index is 493. The van der Waals surface area contributed by atoms with Crippen LogP contribution in [0.2, 0.25) is 5.02 Å². The van der Waals surface area contributed by atoms with Gasteiger partial charge in [0.25, 0.3) is 5.91 Å². The second-order valence-electron chi connectivity index (χ2n) is 3.92. The van der Waals surface area contributed by atoms with Crippen LogP contribution in [-0.4, -0.2) is 19.0 Å². The Hall–Kier alpha value is -0.840. The van der Waals surface area contributed by atoms with E-state index in [9.17, 15) is 4.79 Å². The molecule has 2 rings (SSSR count). The van der Waals surface area contributed by atoms with E-state index in [1.165, 1.54) is 0 Å². The Morgan fingerprint density at radius 1 is 1.47 bits per heavy atom. The Balaban J connectivity index is 2.10. The first-order valence-electron chi connectivity index (χ1n) is 5.23. The minimum atomic E-state index is -0.0595. The van der Waals surface area contributed by atoms with Crippen LogP contribution in [0, 0.1) is 0 Å². The van der Waals surface area contributed by atoms with E-state index in [0.717, 1.165) is 34.4 Å². The summed E-state index contributed by atoms with van der Waals surface area (Å²) in [6, 6.07) is 5.31. The number of anilines is 1. The lowest BCUT2D eigenvalue weighted by Crippen LogP contribution is -2.36. The van der Waals surface area contributed by atoms with Gasteiger partial charge in [0.05, 0.1) is 5.02 Å². The van der Waals surface area contributed by atoms with Gasteiger partial charge in [0.2, 0.25) is 0 Å². The predicted molar refractivity (Wildman–Crippen MR) is 73.4 cm³/mol.